The molecule has 0 aromatic rings. The van der Waals surface area contributed by atoms with Crippen LogP contribution in [-0.4, -0.2) is 34.5 Å². The molecule has 1 saturated heterocycles. The molecule has 7 unspecified atom stereocenters. The summed E-state index contributed by atoms with van der Waals surface area (Å²) in [6.45, 7) is 7.83. The second kappa shape index (κ2) is 4.68. The van der Waals surface area contributed by atoms with E-state index in [0.717, 1.165) is 31.4 Å². The lowest BCUT2D eigenvalue weighted by Crippen LogP contribution is -2.37. The van der Waals surface area contributed by atoms with E-state index in [1.807, 2.05) is 4.90 Å². The predicted molar refractivity (Wildman–Crippen MR) is 83.9 cm³/mol. The first kappa shape index (κ1) is 14.0. The van der Waals surface area contributed by atoms with Crippen LogP contribution in [0.2, 0.25) is 0 Å². The van der Waals surface area contributed by atoms with Crippen molar-refractivity contribution >= 4 is 27.6 Å². The Morgan fingerprint density at radius 2 is 2.10 bits per heavy atom. The van der Waals surface area contributed by atoms with E-state index in [9.17, 15) is 9.59 Å². The lowest BCUT2D eigenvalue weighted by atomic mass is 9.76. The van der Waals surface area contributed by atoms with Crippen LogP contribution in [0, 0.1) is 35.5 Å². The average molecular weight is 352 g/mol. The Morgan fingerprint density at radius 3 is 2.81 bits per heavy atom. The molecule has 4 heteroatoms. The number of halogens is 1. The highest BCUT2D eigenvalue weighted by molar-refractivity contribution is 9.09. The number of rotatable bonds is 3. The molecule has 0 spiro atoms. The molecule has 4 aliphatic carbocycles. The Labute approximate surface area is 134 Å². The van der Waals surface area contributed by atoms with Gasteiger partial charge < -0.3 is 4.90 Å². The first-order valence-corrected chi connectivity index (χ1v) is 9.13. The summed E-state index contributed by atoms with van der Waals surface area (Å²) in [7, 11) is 0. The molecule has 4 saturated carbocycles. The maximum Gasteiger partial charge on any atom is 0.226 e. The number of hydrogen-bond acceptors (Lipinski definition) is 2. The molecule has 5 aliphatic rings. The van der Waals surface area contributed by atoms with Gasteiger partial charge in [0.05, 0.1) is 5.92 Å². The average Bonchev–Trinajstić information content (AvgIpc) is 3.02. The van der Waals surface area contributed by atoms with Crippen molar-refractivity contribution in [2.75, 3.05) is 13.1 Å². The van der Waals surface area contributed by atoms with Crippen molar-refractivity contribution in [2.24, 2.45) is 35.5 Å². The summed E-state index contributed by atoms with van der Waals surface area (Å²) in [4.78, 5) is 28.1. The summed E-state index contributed by atoms with van der Waals surface area (Å²) in [5, 5.41) is 0. The SMILES string of the molecule is C=C1C2CC3C1C(=O)C1CN(CCCC)C(=O)C1C2C3Br. The Hall–Kier alpha value is -0.640. The topological polar surface area (TPSA) is 37.4 Å². The van der Waals surface area contributed by atoms with Crippen LogP contribution in [0.4, 0.5) is 0 Å². The van der Waals surface area contributed by atoms with Gasteiger partial charge in [-0.3, -0.25) is 9.59 Å². The van der Waals surface area contributed by atoms with Crippen molar-refractivity contribution in [1.82, 2.24) is 4.90 Å². The standard InChI is InChI=1S/C17H22BrNO2/c1-3-4-5-19-7-11-14(17(19)21)13-9-6-10(15(13)18)12(8(9)2)16(11)20/h9-15H,2-7H2,1H3. The van der Waals surface area contributed by atoms with Gasteiger partial charge in [-0.05, 0) is 30.6 Å². The third-order valence-electron chi connectivity index (χ3n) is 6.39. The van der Waals surface area contributed by atoms with Gasteiger partial charge in [0.1, 0.15) is 5.78 Å². The van der Waals surface area contributed by atoms with Gasteiger partial charge in [-0.15, -0.1) is 0 Å². The fourth-order valence-corrected chi connectivity index (χ4v) is 6.68. The zero-order valence-electron chi connectivity index (χ0n) is 12.4. The number of Topliss-reactive ketones (excluding diaryl/α,β-unsaturated/α-hetero) is 1. The molecular formula is C17H22BrNO2. The molecule has 0 radical (unpaired) electrons. The minimum Gasteiger partial charge on any atom is -0.342 e. The van der Waals surface area contributed by atoms with Crippen LogP contribution in [0.3, 0.4) is 0 Å². The molecule has 5 rings (SSSR count). The number of allylic oxidation sites excluding steroid dienone is 1. The molecule has 3 nitrogen and oxygen atoms in total. The summed E-state index contributed by atoms with van der Waals surface area (Å²) < 4.78 is 0. The molecule has 114 valence electrons. The van der Waals surface area contributed by atoms with E-state index in [1.54, 1.807) is 0 Å². The number of hydrogen-bond donors (Lipinski definition) is 0. The summed E-state index contributed by atoms with van der Waals surface area (Å²) in [5.74, 6) is 1.49. The number of carbonyl (C=O) groups is 2. The van der Waals surface area contributed by atoms with Gasteiger partial charge in [0.2, 0.25) is 5.91 Å². The second-order valence-corrected chi connectivity index (χ2v) is 8.31. The smallest absolute Gasteiger partial charge is 0.226 e. The lowest BCUT2D eigenvalue weighted by Gasteiger charge is -2.32. The van der Waals surface area contributed by atoms with Crippen molar-refractivity contribution in [3.63, 3.8) is 0 Å². The summed E-state index contributed by atoms with van der Waals surface area (Å²) in [6.07, 6.45) is 3.17. The number of amides is 1. The molecular weight excluding hydrogens is 330 g/mol. The van der Waals surface area contributed by atoms with Crippen molar-refractivity contribution in [2.45, 2.75) is 31.0 Å². The van der Waals surface area contributed by atoms with Crippen LogP contribution >= 0.6 is 15.9 Å². The van der Waals surface area contributed by atoms with E-state index in [0.29, 0.717) is 34.9 Å². The molecule has 1 heterocycles. The van der Waals surface area contributed by atoms with Gasteiger partial charge in [-0.25, -0.2) is 0 Å². The molecule has 1 amide bonds. The molecule has 1 aliphatic heterocycles. The third-order valence-corrected chi connectivity index (χ3v) is 7.68. The van der Waals surface area contributed by atoms with E-state index >= 15 is 0 Å². The van der Waals surface area contributed by atoms with Gasteiger partial charge in [-0.2, -0.15) is 0 Å². The predicted octanol–water partition coefficient (Wildman–Crippen LogP) is 2.65. The summed E-state index contributed by atoms with van der Waals surface area (Å²) in [5.41, 5.74) is 1.13. The molecule has 7 atom stereocenters. The van der Waals surface area contributed by atoms with Gasteiger partial charge in [0.25, 0.3) is 0 Å². The van der Waals surface area contributed by atoms with E-state index in [1.165, 1.54) is 0 Å². The van der Waals surface area contributed by atoms with E-state index in [4.69, 9.17) is 0 Å². The zero-order chi connectivity index (χ0) is 14.9. The maximum absolute atomic E-state index is 13.0. The highest BCUT2D eigenvalue weighted by Gasteiger charge is 2.66. The van der Waals surface area contributed by atoms with Gasteiger partial charge in [0, 0.05) is 29.8 Å². The molecule has 0 aromatic carbocycles. The van der Waals surface area contributed by atoms with Crippen LogP contribution < -0.4 is 0 Å². The van der Waals surface area contributed by atoms with E-state index in [2.05, 4.69) is 29.4 Å². The first-order chi connectivity index (χ1) is 10.1. The Kier molecular flexibility index (Phi) is 3.11. The monoisotopic (exact) mass is 351 g/mol. The Bertz CT molecular complexity index is 531. The highest BCUT2D eigenvalue weighted by Crippen LogP contribution is 2.64. The zero-order valence-corrected chi connectivity index (χ0v) is 14.0. The number of alkyl halides is 1. The van der Waals surface area contributed by atoms with E-state index < -0.39 is 0 Å². The molecule has 4 bridgehead atoms. The maximum atomic E-state index is 13.0. The minimum absolute atomic E-state index is 0.0181. The van der Waals surface area contributed by atoms with Crippen molar-refractivity contribution < 1.29 is 9.59 Å². The Balaban J connectivity index is 1.70. The van der Waals surface area contributed by atoms with Gasteiger partial charge in [-0.1, -0.05) is 41.4 Å². The largest absolute Gasteiger partial charge is 0.342 e. The van der Waals surface area contributed by atoms with E-state index in [-0.39, 0.29) is 23.7 Å². The lowest BCUT2D eigenvalue weighted by molar-refractivity contribution is -0.134. The second-order valence-electron chi connectivity index (χ2n) is 7.25. The summed E-state index contributed by atoms with van der Waals surface area (Å²) >= 11 is 3.83. The molecule has 0 N–H and O–H groups in total. The number of nitrogens with zero attached hydrogens (tertiary/aromatic N) is 1. The number of ketones is 1. The van der Waals surface area contributed by atoms with Crippen molar-refractivity contribution in [3.05, 3.63) is 12.2 Å². The number of likely N-dealkylation sites (tertiary alicyclic amines) is 1. The van der Waals surface area contributed by atoms with Crippen molar-refractivity contribution in [1.29, 1.82) is 0 Å². The molecule has 0 aromatic heterocycles. The fraction of sp³-hybridized carbons (Fsp3) is 0.765. The normalized spacial score (nSPS) is 47.4. The van der Waals surface area contributed by atoms with Gasteiger partial charge in [0.15, 0.2) is 0 Å². The van der Waals surface area contributed by atoms with Crippen LogP contribution in [0.1, 0.15) is 26.2 Å². The summed E-state index contributed by atoms with van der Waals surface area (Å²) in [6, 6.07) is 0. The quantitative estimate of drug-likeness (QED) is 0.579. The number of carbonyl (C=O) groups excluding carboxylic acids is 2. The van der Waals surface area contributed by atoms with Crippen LogP contribution in [0.25, 0.3) is 0 Å². The van der Waals surface area contributed by atoms with Gasteiger partial charge >= 0.3 is 0 Å². The fourth-order valence-electron chi connectivity index (χ4n) is 5.46. The third kappa shape index (κ3) is 1.66. The number of unbranched alkanes of at least 4 members (excludes halogenated alkanes) is 1. The highest BCUT2D eigenvalue weighted by atomic mass is 79.9. The first-order valence-electron chi connectivity index (χ1n) is 8.21. The van der Waals surface area contributed by atoms with Crippen LogP contribution in [0.15, 0.2) is 12.2 Å². The Morgan fingerprint density at radius 1 is 1.33 bits per heavy atom. The van der Waals surface area contributed by atoms with Crippen molar-refractivity contribution in [3.8, 4) is 0 Å². The van der Waals surface area contributed by atoms with Crippen LogP contribution in [-0.2, 0) is 9.59 Å². The molecule has 5 fully saturated rings. The van der Waals surface area contributed by atoms with Crippen LogP contribution in [0.5, 0.6) is 0 Å². The molecule has 21 heavy (non-hydrogen) atoms. The minimum atomic E-state index is -0.0852.